The number of thiophene rings is 1. The molecule has 0 spiro atoms. The van der Waals surface area contributed by atoms with Gasteiger partial charge in [0.15, 0.2) is 0 Å². The van der Waals surface area contributed by atoms with E-state index in [1.807, 2.05) is 6.07 Å². The van der Waals surface area contributed by atoms with Gasteiger partial charge in [0, 0.05) is 12.6 Å². The van der Waals surface area contributed by atoms with Crippen LogP contribution in [0.2, 0.25) is 0 Å². The summed E-state index contributed by atoms with van der Waals surface area (Å²) in [5.41, 5.74) is 0. The Balaban J connectivity index is 2.19. The summed E-state index contributed by atoms with van der Waals surface area (Å²) in [4.78, 5) is 13.6. The quantitative estimate of drug-likeness (QED) is 0.862. The molecule has 0 aromatic carbocycles. The maximum Gasteiger partial charge on any atom is 0.345 e. The third-order valence-corrected chi connectivity index (χ3v) is 4.57. The molecule has 1 aliphatic rings. The number of hydrogen-bond donors (Lipinski definition) is 1. The monoisotopic (exact) mass is 239 g/mol. The van der Waals surface area contributed by atoms with Crippen LogP contribution in [0.5, 0.6) is 0 Å². The predicted molar refractivity (Wildman–Crippen MR) is 66.5 cm³/mol. The second-order valence-corrected chi connectivity index (χ2v) is 5.56. The van der Waals surface area contributed by atoms with Gasteiger partial charge in [-0.2, -0.15) is 0 Å². The van der Waals surface area contributed by atoms with Gasteiger partial charge in [-0.3, -0.25) is 0 Å². The highest BCUT2D eigenvalue weighted by Crippen LogP contribution is 2.33. The average Bonchev–Trinajstić information content (AvgIpc) is 2.71. The molecule has 1 aliphatic heterocycles. The SMILES string of the molecule is CC1CCCN(c2ccc(C(=O)O)s2)C1C. The molecular weight excluding hydrogens is 222 g/mol. The molecule has 1 aromatic heterocycles. The van der Waals surface area contributed by atoms with Crippen molar-refractivity contribution < 1.29 is 9.90 Å². The van der Waals surface area contributed by atoms with Gasteiger partial charge in [-0.05, 0) is 37.8 Å². The molecule has 0 amide bonds. The lowest BCUT2D eigenvalue weighted by Gasteiger charge is -2.38. The van der Waals surface area contributed by atoms with Crippen LogP contribution in [0.15, 0.2) is 12.1 Å². The normalized spacial score (nSPS) is 25.8. The summed E-state index contributed by atoms with van der Waals surface area (Å²) in [6, 6.07) is 4.14. The van der Waals surface area contributed by atoms with Gasteiger partial charge in [0.05, 0.1) is 5.00 Å². The number of nitrogens with zero attached hydrogens (tertiary/aromatic N) is 1. The maximum atomic E-state index is 10.8. The Morgan fingerprint density at radius 2 is 2.25 bits per heavy atom. The molecule has 2 heterocycles. The molecule has 0 saturated carbocycles. The molecule has 2 rings (SSSR count). The van der Waals surface area contributed by atoms with Crippen molar-refractivity contribution in [3.8, 4) is 0 Å². The lowest BCUT2D eigenvalue weighted by Crippen LogP contribution is -2.41. The lowest BCUT2D eigenvalue weighted by atomic mass is 9.92. The van der Waals surface area contributed by atoms with Crippen LogP contribution >= 0.6 is 11.3 Å². The first-order valence-corrected chi connectivity index (χ1v) is 6.51. The average molecular weight is 239 g/mol. The van der Waals surface area contributed by atoms with Crippen LogP contribution in [-0.4, -0.2) is 23.7 Å². The smallest absolute Gasteiger partial charge is 0.345 e. The fourth-order valence-corrected chi connectivity index (χ4v) is 3.20. The van der Waals surface area contributed by atoms with E-state index in [0.29, 0.717) is 16.8 Å². The first kappa shape index (κ1) is 11.5. The van der Waals surface area contributed by atoms with Crippen LogP contribution in [-0.2, 0) is 0 Å². The number of carboxylic acid groups (broad SMARTS) is 1. The highest BCUT2D eigenvalue weighted by Gasteiger charge is 2.26. The van der Waals surface area contributed by atoms with Crippen LogP contribution in [0.4, 0.5) is 5.00 Å². The third kappa shape index (κ3) is 2.07. The minimum Gasteiger partial charge on any atom is -0.477 e. The number of carboxylic acids is 1. The van der Waals surface area contributed by atoms with Gasteiger partial charge in [-0.15, -0.1) is 11.3 Å². The second kappa shape index (κ2) is 4.45. The Morgan fingerprint density at radius 3 is 2.88 bits per heavy atom. The van der Waals surface area contributed by atoms with Gasteiger partial charge in [-0.25, -0.2) is 4.79 Å². The van der Waals surface area contributed by atoms with Crippen molar-refractivity contribution in [3.63, 3.8) is 0 Å². The summed E-state index contributed by atoms with van der Waals surface area (Å²) >= 11 is 1.38. The van der Waals surface area contributed by atoms with Gasteiger partial charge in [-0.1, -0.05) is 6.92 Å². The molecule has 88 valence electrons. The summed E-state index contributed by atoms with van der Waals surface area (Å²) in [5.74, 6) is -0.141. The van der Waals surface area contributed by atoms with Crippen LogP contribution in [0.1, 0.15) is 36.4 Å². The highest BCUT2D eigenvalue weighted by molar-refractivity contribution is 7.17. The third-order valence-electron chi connectivity index (χ3n) is 3.46. The van der Waals surface area contributed by atoms with E-state index in [4.69, 9.17) is 5.11 Å². The van der Waals surface area contributed by atoms with Crippen molar-refractivity contribution in [1.29, 1.82) is 0 Å². The largest absolute Gasteiger partial charge is 0.477 e. The molecule has 4 heteroatoms. The van der Waals surface area contributed by atoms with Crippen molar-refractivity contribution in [1.82, 2.24) is 0 Å². The molecule has 1 saturated heterocycles. The van der Waals surface area contributed by atoms with Gasteiger partial charge >= 0.3 is 5.97 Å². The molecular formula is C12H17NO2S. The van der Waals surface area contributed by atoms with Crippen molar-refractivity contribution >= 4 is 22.3 Å². The molecule has 3 nitrogen and oxygen atoms in total. The van der Waals surface area contributed by atoms with E-state index in [1.54, 1.807) is 6.07 Å². The Bertz CT molecular complexity index is 388. The molecule has 1 aromatic rings. The Morgan fingerprint density at radius 1 is 1.50 bits per heavy atom. The number of rotatable bonds is 2. The Hall–Kier alpha value is -1.03. The molecule has 1 N–H and O–H groups in total. The minimum absolute atomic E-state index is 0.431. The van der Waals surface area contributed by atoms with Crippen molar-refractivity contribution in [2.75, 3.05) is 11.4 Å². The van der Waals surface area contributed by atoms with Gasteiger partial charge < -0.3 is 10.0 Å². The lowest BCUT2D eigenvalue weighted by molar-refractivity contribution is 0.0702. The van der Waals surface area contributed by atoms with E-state index in [1.165, 1.54) is 24.2 Å². The fraction of sp³-hybridized carbons (Fsp3) is 0.583. The Labute approximate surface area is 99.7 Å². The summed E-state index contributed by atoms with van der Waals surface area (Å²) in [5, 5.41) is 10.0. The van der Waals surface area contributed by atoms with E-state index in [0.717, 1.165) is 11.5 Å². The summed E-state index contributed by atoms with van der Waals surface area (Å²) in [6.45, 7) is 5.54. The molecule has 1 fully saturated rings. The van der Waals surface area contributed by atoms with E-state index in [-0.39, 0.29) is 0 Å². The highest BCUT2D eigenvalue weighted by atomic mass is 32.1. The van der Waals surface area contributed by atoms with Crippen LogP contribution in [0.25, 0.3) is 0 Å². The van der Waals surface area contributed by atoms with Gasteiger partial charge in [0.1, 0.15) is 4.88 Å². The summed E-state index contributed by atoms with van der Waals surface area (Å²) < 4.78 is 0. The number of piperidine rings is 1. The fourth-order valence-electron chi connectivity index (χ4n) is 2.24. The molecule has 0 bridgehead atoms. The number of aromatic carboxylic acids is 1. The van der Waals surface area contributed by atoms with Crippen LogP contribution in [0.3, 0.4) is 0 Å². The first-order valence-electron chi connectivity index (χ1n) is 5.69. The summed E-state index contributed by atoms with van der Waals surface area (Å²) in [6.07, 6.45) is 2.47. The van der Waals surface area contributed by atoms with E-state index in [9.17, 15) is 4.79 Å². The number of anilines is 1. The second-order valence-electron chi connectivity index (χ2n) is 4.50. The van der Waals surface area contributed by atoms with Gasteiger partial charge in [0.2, 0.25) is 0 Å². The van der Waals surface area contributed by atoms with Crippen molar-refractivity contribution in [3.05, 3.63) is 17.0 Å². The maximum absolute atomic E-state index is 10.8. The van der Waals surface area contributed by atoms with E-state index < -0.39 is 5.97 Å². The number of hydrogen-bond acceptors (Lipinski definition) is 3. The molecule has 0 aliphatic carbocycles. The molecule has 2 atom stereocenters. The van der Waals surface area contributed by atoms with E-state index >= 15 is 0 Å². The van der Waals surface area contributed by atoms with Crippen LogP contribution in [0, 0.1) is 5.92 Å². The standard InChI is InChI=1S/C12H17NO2S/c1-8-4-3-7-13(9(8)2)11-6-5-10(16-11)12(14)15/h5-6,8-9H,3-4,7H2,1-2H3,(H,14,15). The zero-order valence-electron chi connectivity index (χ0n) is 9.64. The molecule has 2 unspecified atom stereocenters. The van der Waals surface area contributed by atoms with Crippen LogP contribution < -0.4 is 4.90 Å². The minimum atomic E-state index is -0.825. The topological polar surface area (TPSA) is 40.5 Å². The van der Waals surface area contributed by atoms with E-state index in [2.05, 4.69) is 18.7 Å². The van der Waals surface area contributed by atoms with Crippen molar-refractivity contribution in [2.24, 2.45) is 5.92 Å². The summed E-state index contributed by atoms with van der Waals surface area (Å²) in [7, 11) is 0. The Kier molecular flexibility index (Phi) is 3.19. The van der Waals surface area contributed by atoms with Crippen molar-refractivity contribution in [2.45, 2.75) is 32.7 Å². The number of carbonyl (C=O) groups is 1. The first-order chi connectivity index (χ1) is 7.59. The zero-order chi connectivity index (χ0) is 11.7. The zero-order valence-corrected chi connectivity index (χ0v) is 10.5. The predicted octanol–water partition coefficient (Wildman–Crippen LogP) is 3.07. The molecule has 16 heavy (non-hydrogen) atoms. The molecule has 0 radical (unpaired) electrons. The van der Waals surface area contributed by atoms with Gasteiger partial charge in [0.25, 0.3) is 0 Å².